The number of rotatable bonds is 4. The van der Waals surface area contributed by atoms with Gasteiger partial charge in [-0.25, -0.2) is 0 Å². The number of methoxy groups -OCH3 is 1. The van der Waals surface area contributed by atoms with Gasteiger partial charge < -0.3 is 9.57 Å². The second-order valence-electron chi connectivity index (χ2n) is 4.14. The van der Waals surface area contributed by atoms with Crippen molar-refractivity contribution in [3.8, 4) is 5.75 Å². The zero-order chi connectivity index (χ0) is 11.5. The molecule has 2 atom stereocenters. The molecule has 1 aromatic carbocycles. The molecule has 0 radical (unpaired) electrons. The van der Waals surface area contributed by atoms with Gasteiger partial charge in [-0.15, -0.1) is 0 Å². The smallest absolute Gasteiger partial charge is 0.118 e. The number of nitrogens with zero attached hydrogens (tertiary/aromatic N) is 1. The third-order valence-electron chi connectivity index (χ3n) is 3.11. The van der Waals surface area contributed by atoms with Crippen LogP contribution < -0.4 is 4.74 Å². The molecule has 1 aliphatic carbocycles. The Balaban J connectivity index is 2.03. The van der Waals surface area contributed by atoms with Crippen molar-refractivity contribution < 1.29 is 9.57 Å². The largest absolute Gasteiger partial charge is 0.497 e. The van der Waals surface area contributed by atoms with Gasteiger partial charge in [0.1, 0.15) is 12.9 Å². The average Bonchev–Trinajstić information content (AvgIpc) is 3.09. The molecule has 0 amide bonds. The fourth-order valence-corrected chi connectivity index (χ4v) is 2.09. The lowest BCUT2D eigenvalue weighted by Crippen LogP contribution is -1.97. The van der Waals surface area contributed by atoms with Gasteiger partial charge in [-0.2, -0.15) is 0 Å². The normalized spacial score (nSPS) is 24.1. The number of hydrogen-bond donors (Lipinski definition) is 0. The van der Waals surface area contributed by atoms with Crippen LogP contribution in [0, 0.1) is 5.92 Å². The Kier molecular flexibility index (Phi) is 3.13. The van der Waals surface area contributed by atoms with Gasteiger partial charge >= 0.3 is 0 Å². The zero-order valence-electron chi connectivity index (χ0n) is 9.93. The lowest BCUT2D eigenvalue weighted by Gasteiger charge is -2.02. The van der Waals surface area contributed by atoms with Crippen LogP contribution in [0.5, 0.6) is 5.75 Å². The van der Waals surface area contributed by atoms with E-state index < -0.39 is 0 Å². The third kappa shape index (κ3) is 2.18. The summed E-state index contributed by atoms with van der Waals surface area (Å²) in [5, 5.41) is 3.99. The zero-order valence-corrected chi connectivity index (χ0v) is 9.93. The van der Waals surface area contributed by atoms with Gasteiger partial charge in [-0.05, 0) is 37.0 Å². The minimum atomic E-state index is 0.549. The first-order valence-electron chi connectivity index (χ1n) is 5.48. The second-order valence-corrected chi connectivity index (χ2v) is 4.14. The van der Waals surface area contributed by atoms with Crippen molar-refractivity contribution in [1.82, 2.24) is 0 Å². The first kappa shape index (κ1) is 11.0. The lowest BCUT2D eigenvalue weighted by molar-refractivity contribution is 0.212. The van der Waals surface area contributed by atoms with Gasteiger partial charge in [0.15, 0.2) is 0 Å². The highest BCUT2D eigenvalue weighted by atomic mass is 16.6. The van der Waals surface area contributed by atoms with Gasteiger partial charge in [0, 0.05) is 5.92 Å². The Morgan fingerprint density at radius 2 is 1.94 bits per heavy atom. The molecule has 3 nitrogen and oxygen atoms in total. The molecule has 0 spiro atoms. The average molecular weight is 219 g/mol. The van der Waals surface area contributed by atoms with Crippen molar-refractivity contribution in [2.75, 3.05) is 14.2 Å². The summed E-state index contributed by atoms with van der Waals surface area (Å²) in [6.07, 6.45) is 1.17. The molecular weight excluding hydrogens is 202 g/mol. The molecule has 0 bridgehead atoms. The molecule has 1 saturated carbocycles. The minimum Gasteiger partial charge on any atom is -0.497 e. The maximum atomic E-state index is 5.14. The van der Waals surface area contributed by atoms with Gasteiger partial charge in [0.2, 0.25) is 0 Å². The van der Waals surface area contributed by atoms with E-state index in [1.807, 2.05) is 19.1 Å². The number of oxime groups is 1. The molecular formula is C13H17NO2. The molecule has 0 heterocycles. The Bertz CT molecular complexity index is 383. The fraction of sp³-hybridized carbons (Fsp3) is 0.462. The van der Waals surface area contributed by atoms with Crippen molar-refractivity contribution in [2.45, 2.75) is 19.3 Å². The summed E-state index contributed by atoms with van der Waals surface area (Å²) in [6, 6.07) is 8.27. The summed E-state index contributed by atoms with van der Waals surface area (Å²) in [5.41, 5.74) is 2.44. The van der Waals surface area contributed by atoms with Crippen LogP contribution in [0.25, 0.3) is 0 Å². The number of ether oxygens (including phenoxy) is 1. The molecule has 0 saturated heterocycles. The van der Waals surface area contributed by atoms with E-state index in [-0.39, 0.29) is 0 Å². The third-order valence-corrected chi connectivity index (χ3v) is 3.11. The van der Waals surface area contributed by atoms with Crippen molar-refractivity contribution in [3.63, 3.8) is 0 Å². The Hall–Kier alpha value is -1.51. The molecule has 1 aliphatic rings. The summed E-state index contributed by atoms with van der Waals surface area (Å²) in [4.78, 5) is 4.79. The molecule has 0 aliphatic heterocycles. The molecule has 3 heteroatoms. The van der Waals surface area contributed by atoms with E-state index in [0.717, 1.165) is 11.5 Å². The summed E-state index contributed by atoms with van der Waals surface area (Å²) in [7, 11) is 3.28. The quantitative estimate of drug-likeness (QED) is 0.576. The molecule has 2 rings (SSSR count). The van der Waals surface area contributed by atoms with Gasteiger partial charge in [-0.3, -0.25) is 0 Å². The first-order chi connectivity index (χ1) is 7.76. The van der Waals surface area contributed by atoms with E-state index >= 15 is 0 Å². The fourth-order valence-electron chi connectivity index (χ4n) is 2.09. The topological polar surface area (TPSA) is 30.8 Å². The van der Waals surface area contributed by atoms with Crippen LogP contribution in [-0.4, -0.2) is 19.9 Å². The predicted molar refractivity (Wildman–Crippen MR) is 64.0 cm³/mol. The van der Waals surface area contributed by atoms with Crippen LogP contribution in [-0.2, 0) is 4.84 Å². The predicted octanol–water partition coefficient (Wildman–Crippen LogP) is 2.82. The maximum absolute atomic E-state index is 5.14. The summed E-state index contributed by atoms with van der Waals surface area (Å²) >= 11 is 0. The van der Waals surface area contributed by atoms with Crippen LogP contribution in [0.15, 0.2) is 29.4 Å². The summed E-state index contributed by atoms with van der Waals surface area (Å²) < 4.78 is 5.14. The van der Waals surface area contributed by atoms with E-state index in [2.05, 4.69) is 17.3 Å². The van der Waals surface area contributed by atoms with E-state index in [1.54, 1.807) is 14.2 Å². The van der Waals surface area contributed by atoms with Crippen molar-refractivity contribution in [1.29, 1.82) is 0 Å². The summed E-state index contributed by atoms with van der Waals surface area (Å²) in [5.74, 6) is 2.06. The van der Waals surface area contributed by atoms with Crippen molar-refractivity contribution >= 4 is 5.71 Å². The molecule has 0 unspecified atom stereocenters. The SMILES string of the molecule is CO/N=C(/C)[C@@H]1C[C@@H]1c1ccc(OC)cc1. The van der Waals surface area contributed by atoms with Crippen LogP contribution in [0.1, 0.15) is 24.8 Å². The van der Waals surface area contributed by atoms with Crippen LogP contribution in [0.3, 0.4) is 0 Å². The monoisotopic (exact) mass is 219 g/mol. The molecule has 0 aromatic heterocycles. The van der Waals surface area contributed by atoms with Gasteiger partial charge in [0.25, 0.3) is 0 Å². The van der Waals surface area contributed by atoms with E-state index in [9.17, 15) is 0 Å². The highest BCUT2D eigenvalue weighted by Gasteiger charge is 2.40. The standard InChI is InChI=1S/C13H17NO2/c1-9(14-16-3)12-8-13(12)10-4-6-11(15-2)7-5-10/h4-7,12-13H,8H2,1-3H3/b14-9-/t12-,13+/m0/s1. The van der Waals surface area contributed by atoms with Crippen LogP contribution in [0.2, 0.25) is 0 Å². The first-order valence-corrected chi connectivity index (χ1v) is 5.48. The minimum absolute atomic E-state index is 0.549. The summed E-state index contributed by atoms with van der Waals surface area (Å²) in [6.45, 7) is 2.03. The Labute approximate surface area is 96.1 Å². The Morgan fingerprint density at radius 3 is 2.50 bits per heavy atom. The van der Waals surface area contributed by atoms with E-state index in [4.69, 9.17) is 9.57 Å². The second kappa shape index (κ2) is 4.56. The molecule has 86 valence electrons. The molecule has 1 fully saturated rings. The van der Waals surface area contributed by atoms with E-state index in [0.29, 0.717) is 11.8 Å². The van der Waals surface area contributed by atoms with Crippen LogP contribution >= 0.6 is 0 Å². The number of hydrogen-bond acceptors (Lipinski definition) is 3. The number of benzene rings is 1. The van der Waals surface area contributed by atoms with E-state index in [1.165, 1.54) is 12.0 Å². The highest BCUT2D eigenvalue weighted by Crippen LogP contribution is 2.48. The molecule has 0 N–H and O–H groups in total. The molecule has 1 aromatic rings. The van der Waals surface area contributed by atoms with Gasteiger partial charge in [0.05, 0.1) is 12.8 Å². The van der Waals surface area contributed by atoms with Gasteiger partial charge in [-0.1, -0.05) is 17.3 Å². The van der Waals surface area contributed by atoms with Crippen molar-refractivity contribution in [2.24, 2.45) is 11.1 Å². The molecule has 16 heavy (non-hydrogen) atoms. The Morgan fingerprint density at radius 1 is 1.25 bits per heavy atom. The lowest BCUT2D eigenvalue weighted by atomic mass is 10.1. The van der Waals surface area contributed by atoms with Crippen LogP contribution in [0.4, 0.5) is 0 Å². The van der Waals surface area contributed by atoms with Crippen molar-refractivity contribution in [3.05, 3.63) is 29.8 Å². The maximum Gasteiger partial charge on any atom is 0.118 e. The highest BCUT2D eigenvalue weighted by molar-refractivity contribution is 5.87.